The van der Waals surface area contributed by atoms with Crippen LogP contribution in [0.5, 0.6) is 0 Å². The molecule has 0 unspecified atom stereocenters. The van der Waals surface area contributed by atoms with Crippen molar-refractivity contribution in [2.24, 2.45) is 0 Å². The Labute approximate surface area is 190 Å². The van der Waals surface area contributed by atoms with Crippen LogP contribution in [-0.2, 0) is 9.59 Å². The van der Waals surface area contributed by atoms with Gasteiger partial charge in [-0.15, -0.1) is 0 Å². The number of aliphatic hydroxyl groups excluding tert-OH is 1. The largest absolute Gasteiger partial charge is 0.478 e. The summed E-state index contributed by atoms with van der Waals surface area (Å²) in [6.45, 7) is 0.342. The van der Waals surface area contributed by atoms with Crippen LogP contribution in [-0.4, -0.2) is 33.9 Å². The lowest BCUT2D eigenvalue weighted by atomic mass is 10.0. The summed E-state index contributed by atoms with van der Waals surface area (Å²) in [4.78, 5) is 21.5. The summed E-state index contributed by atoms with van der Waals surface area (Å²) in [7, 11) is 0. The Morgan fingerprint density at radius 3 is 1.03 bits per heavy atom. The Morgan fingerprint density at radius 1 is 0.484 bits per heavy atom. The Kier molecular flexibility index (Phi) is 22.3. The van der Waals surface area contributed by atoms with Gasteiger partial charge in [0.25, 0.3) is 0 Å². The lowest BCUT2D eigenvalue weighted by molar-refractivity contribution is -0.135. The van der Waals surface area contributed by atoms with Crippen molar-refractivity contribution < 1.29 is 24.9 Å². The lowest BCUT2D eigenvalue weighted by Gasteiger charge is -2.04. The zero-order valence-electron chi connectivity index (χ0n) is 19.8. The maximum absolute atomic E-state index is 10.9. The molecule has 3 N–H and O–H groups in total. The van der Waals surface area contributed by atoms with Gasteiger partial charge in [0.05, 0.1) is 0 Å². The molecule has 182 valence electrons. The Balaban J connectivity index is 3.23. The van der Waals surface area contributed by atoms with Crippen molar-refractivity contribution in [2.45, 2.75) is 135 Å². The van der Waals surface area contributed by atoms with Crippen LogP contribution < -0.4 is 0 Å². The molecule has 0 aromatic rings. The molecule has 0 aromatic heterocycles. The van der Waals surface area contributed by atoms with Gasteiger partial charge >= 0.3 is 11.9 Å². The van der Waals surface area contributed by atoms with E-state index in [1.807, 2.05) is 0 Å². The molecule has 31 heavy (non-hydrogen) atoms. The highest BCUT2D eigenvalue weighted by molar-refractivity contribution is 5.94. The van der Waals surface area contributed by atoms with Crippen LogP contribution in [0.2, 0.25) is 0 Å². The fourth-order valence-corrected chi connectivity index (χ4v) is 4.00. The highest BCUT2D eigenvalue weighted by Crippen LogP contribution is 2.16. The Bertz CT molecular complexity index is 459. The van der Waals surface area contributed by atoms with Crippen LogP contribution in [0.15, 0.2) is 11.6 Å². The molecule has 0 bridgehead atoms. The molecule has 0 saturated heterocycles. The van der Waals surface area contributed by atoms with Gasteiger partial charge in [0.15, 0.2) is 0 Å². The highest BCUT2D eigenvalue weighted by atomic mass is 16.4. The molecule has 0 rings (SSSR count). The van der Waals surface area contributed by atoms with Crippen molar-refractivity contribution in [3.05, 3.63) is 11.6 Å². The number of hydrogen-bond acceptors (Lipinski definition) is 3. The smallest absolute Gasteiger partial charge is 0.331 e. The monoisotopic (exact) mass is 440 g/mol. The molecule has 5 nitrogen and oxygen atoms in total. The highest BCUT2D eigenvalue weighted by Gasteiger charge is 2.08. The number of carbonyl (C=O) groups is 2. The van der Waals surface area contributed by atoms with Gasteiger partial charge in [-0.05, 0) is 19.3 Å². The van der Waals surface area contributed by atoms with E-state index in [0.717, 1.165) is 31.8 Å². The quantitative estimate of drug-likeness (QED) is 0.108. The second-order valence-electron chi connectivity index (χ2n) is 8.86. The number of aliphatic hydroxyl groups is 1. The van der Waals surface area contributed by atoms with E-state index < -0.39 is 11.9 Å². The van der Waals surface area contributed by atoms with E-state index in [1.54, 1.807) is 0 Å². The molecule has 0 aromatic carbocycles. The molecule has 0 aliphatic heterocycles. The molecule has 5 heteroatoms. The van der Waals surface area contributed by atoms with Gasteiger partial charge in [0, 0.05) is 18.3 Å². The van der Waals surface area contributed by atoms with Crippen LogP contribution in [0, 0.1) is 0 Å². The maximum atomic E-state index is 10.9. The first-order valence-corrected chi connectivity index (χ1v) is 12.9. The number of aliphatic carboxylic acids is 2. The van der Waals surface area contributed by atoms with E-state index in [4.69, 9.17) is 15.3 Å². The molecule has 0 saturated carbocycles. The summed E-state index contributed by atoms with van der Waals surface area (Å²) in [5, 5.41) is 26.3. The zero-order chi connectivity index (χ0) is 23.0. The van der Waals surface area contributed by atoms with Crippen LogP contribution in [0.25, 0.3) is 0 Å². The first-order valence-electron chi connectivity index (χ1n) is 12.9. The minimum Gasteiger partial charge on any atom is -0.478 e. The molecule has 0 spiro atoms. The van der Waals surface area contributed by atoms with Crippen molar-refractivity contribution in [1.82, 2.24) is 0 Å². The standard InChI is InChI=1S/C26H48O5/c27-22-20-18-16-14-12-10-8-6-4-2-1-3-5-7-9-11-13-15-17-19-21-24(26(30)31)23-25(28)29/h23,27H,1-22H2,(H,28,29)(H,30,31)/b24-23-. The maximum Gasteiger partial charge on any atom is 0.331 e. The molecule has 0 fully saturated rings. The topological polar surface area (TPSA) is 94.8 Å². The van der Waals surface area contributed by atoms with Gasteiger partial charge in [-0.1, -0.05) is 116 Å². The first kappa shape index (κ1) is 29.6. The van der Waals surface area contributed by atoms with Gasteiger partial charge in [-0.25, -0.2) is 9.59 Å². The number of carboxylic acids is 2. The molecule has 0 aliphatic carbocycles. The van der Waals surface area contributed by atoms with Crippen LogP contribution in [0.4, 0.5) is 0 Å². The second kappa shape index (κ2) is 23.3. The molecule has 0 aliphatic rings. The lowest BCUT2D eigenvalue weighted by Crippen LogP contribution is -2.04. The van der Waals surface area contributed by atoms with Crippen molar-refractivity contribution in [1.29, 1.82) is 0 Å². The molecule has 0 heterocycles. The third kappa shape index (κ3) is 23.1. The van der Waals surface area contributed by atoms with E-state index in [0.29, 0.717) is 13.0 Å². The van der Waals surface area contributed by atoms with Crippen molar-refractivity contribution in [2.75, 3.05) is 6.61 Å². The average Bonchev–Trinajstić information content (AvgIpc) is 2.73. The molecule has 0 amide bonds. The van der Waals surface area contributed by atoms with E-state index in [9.17, 15) is 9.59 Å². The van der Waals surface area contributed by atoms with Crippen molar-refractivity contribution in [3.8, 4) is 0 Å². The Hall–Kier alpha value is -1.36. The fourth-order valence-electron chi connectivity index (χ4n) is 4.00. The van der Waals surface area contributed by atoms with Gasteiger partial charge in [-0.2, -0.15) is 0 Å². The molecule has 0 atom stereocenters. The number of rotatable bonds is 24. The third-order valence-electron chi connectivity index (χ3n) is 5.93. The minimum atomic E-state index is -1.19. The number of hydrogen-bond donors (Lipinski definition) is 3. The molecule has 0 radical (unpaired) electrons. The van der Waals surface area contributed by atoms with Crippen LogP contribution in [0.3, 0.4) is 0 Å². The van der Waals surface area contributed by atoms with Gasteiger partial charge in [0.1, 0.15) is 0 Å². The van der Waals surface area contributed by atoms with Crippen LogP contribution in [0.1, 0.15) is 135 Å². The Morgan fingerprint density at radius 2 is 0.774 bits per heavy atom. The summed E-state index contributed by atoms with van der Waals surface area (Å²) in [6, 6.07) is 0. The minimum absolute atomic E-state index is 0.00203. The summed E-state index contributed by atoms with van der Waals surface area (Å²) >= 11 is 0. The predicted molar refractivity (Wildman–Crippen MR) is 127 cm³/mol. The van der Waals surface area contributed by atoms with Crippen molar-refractivity contribution in [3.63, 3.8) is 0 Å². The fraction of sp³-hybridized carbons (Fsp3) is 0.846. The van der Waals surface area contributed by atoms with E-state index >= 15 is 0 Å². The predicted octanol–water partition coefficient (Wildman–Crippen LogP) is 7.27. The number of unbranched alkanes of at least 4 members (excludes halogenated alkanes) is 19. The van der Waals surface area contributed by atoms with Gasteiger partial charge in [-0.3, -0.25) is 0 Å². The van der Waals surface area contributed by atoms with E-state index in [-0.39, 0.29) is 5.57 Å². The SMILES string of the molecule is O=C(O)/C=C(/CCCCCCCCCCCCCCCCCCCCCCO)C(=O)O. The first-order chi connectivity index (χ1) is 15.1. The van der Waals surface area contributed by atoms with Crippen LogP contribution >= 0.6 is 0 Å². The van der Waals surface area contributed by atoms with E-state index in [1.165, 1.54) is 103 Å². The summed E-state index contributed by atoms with van der Waals surface area (Å²) < 4.78 is 0. The zero-order valence-corrected chi connectivity index (χ0v) is 19.8. The molecular formula is C26H48O5. The van der Waals surface area contributed by atoms with E-state index in [2.05, 4.69) is 0 Å². The third-order valence-corrected chi connectivity index (χ3v) is 5.93. The second-order valence-corrected chi connectivity index (χ2v) is 8.86. The van der Waals surface area contributed by atoms with Gasteiger partial charge in [0.2, 0.25) is 0 Å². The summed E-state index contributed by atoms with van der Waals surface area (Å²) in [5.74, 6) is -2.31. The van der Waals surface area contributed by atoms with Crippen molar-refractivity contribution >= 4 is 11.9 Å². The summed E-state index contributed by atoms with van der Waals surface area (Å²) in [6.07, 6.45) is 26.1. The average molecular weight is 441 g/mol. The molecular weight excluding hydrogens is 392 g/mol. The summed E-state index contributed by atoms with van der Waals surface area (Å²) in [5.41, 5.74) is -0.00203. The number of carboxylic acid groups (broad SMARTS) is 2. The van der Waals surface area contributed by atoms with Gasteiger partial charge < -0.3 is 15.3 Å². The normalized spacial score (nSPS) is 11.7.